The minimum absolute atomic E-state index is 0.0304. The molecule has 7 nitrogen and oxygen atoms in total. The maximum atomic E-state index is 12.5. The Bertz CT molecular complexity index is 665. The molecule has 0 aliphatic carbocycles. The van der Waals surface area contributed by atoms with Crippen molar-refractivity contribution in [3.8, 4) is 5.75 Å². The highest BCUT2D eigenvalue weighted by molar-refractivity contribution is 6.32. The van der Waals surface area contributed by atoms with E-state index in [1.807, 2.05) is 0 Å². The van der Waals surface area contributed by atoms with Gasteiger partial charge in [-0.2, -0.15) is 0 Å². The summed E-state index contributed by atoms with van der Waals surface area (Å²) in [7, 11) is 0. The maximum Gasteiger partial charge on any atom is 0.260 e. The van der Waals surface area contributed by atoms with Gasteiger partial charge in [0.1, 0.15) is 5.75 Å². The van der Waals surface area contributed by atoms with Crippen LogP contribution in [0.4, 0.5) is 0 Å². The molecule has 8 heteroatoms. The van der Waals surface area contributed by atoms with E-state index in [1.54, 1.807) is 24.3 Å². The van der Waals surface area contributed by atoms with E-state index in [1.165, 1.54) is 4.90 Å². The van der Waals surface area contributed by atoms with Crippen LogP contribution in [0, 0.1) is 5.92 Å². The largest absolute Gasteiger partial charge is 0.482 e. The smallest absolute Gasteiger partial charge is 0.260 e. The number of hydrogen-bond acceptors (Lipinski definition) is 5. The highest BCUT2D eigenvalue weighted by Gasteiger charge is 2.32. The number of carbonyl (C=O) groups excluding carboxylic acids is 2. The number of hydrogen-bond donors (Lipinski definition) is 2. The molecule has 0 spiro atoms. The van der Waals surface area contributed by atoms with Gasteiger partial charge in [-0.15, -0.1) is 0 Å². The van der Waals surface area contributed by atoms with Crippen molar-refractivity contribution in [1.29, 1.82) is 0 Å². The Balaban J connectivity index is 1.52. The molecule has 0 aromatic heterocycles. The van der Waals surface area contributed by atoms with E-state index in [0.717, 1.165) is 0 Å². The molecule has 2 atom stereocenters. The molecule has 148 valence electrons. The number of aliphatic hydroxyl groups excluding tert-OH is 1. The molecule has 1 aromatic rings. The van der Waals surface area contributed by atoms with Gasteiger partial charge in [0.2, 0.25) is 5.91 Å². The zero-order chi connectivity index (χ0) is 19.2. The third kappa shape index (κ3) is 5.57. The normalized spacial score (nSPS) is 23.7. The summed E-state index contributed by atoms with van der Waals surface area (Å²) in [5, 5.41) is 13.5. The molecule has 0 saturated carbocycles. The monoisotopic (exact) mass is 396 g/mol. The average molecular weight is 397 g/mol. The Morgan fingerprint density at radius 1 is 1.26 bits per heavy atom. The molecule has 2 N–H and O–H groups in total. The van der Waals surface area contributed by atoms with Gasteiger partial charge in [-0.1, -0.05) is 23.7 Å². The van der Waals surface area contributed by atoms with E-state index in [-0.39, 0.29) is 36.9 Å². The van der Waals surface area contributed by atoms with E-state index >= 15 is 0 Å². The molecule has 27 heavy (non-hydrogen) atoms. The minimum Gasteiger partial charge on any atom is -0.482 e. The second-order valence-corrected chi connectivity index (χ2v) is 7.41. The van der Waals surface area contributed by atoms with E-state index in [9.17, 15) is 14.7 Å². The van der Waals surface area contributed by atoms with Gasteiger partial charge in [0.25, 0.3) is 5.91 Å². The van der Waals surface area contributed by atoms with Crippen LogP contribution in [-0.4, -0.2) is 66.9 Å². The first kappa shape index (κ1) is 19.9. The molecule has 3 rings (SSSR count). The lowest BCUT2D eigenvalue weighted by atomic mass is 9.97. The van der Waals surface area contributed by atoms with Crippen molar-refractivity contribution in [1.82, 2.24) is 10.2 Å². The number of piperidine rings is 1. The van der Waals surface area contributed by atoms with Crippen LogP contribution in [0.2, 0.25) is 5.02 Å². The van der Waals surface area contributed by atoms with Crippen molar-refractivity contribution < 1.29 is 24.2 Å². The summed E-state index contributed by atoms with van der Waals surface area (Å²) >= 11 is 6.02. The predicted molar refractivity (Wildman–Crippen MR) is 99.6 cm³/mol. The van der Waals surface area contributed by atoms with Crippen LogP contribution in [0.1, 0.15) is 19.3 Å². The summed E-state index contributed by atoms with van der Waals surface area (Å²) in [4.78, 5) is 26.4. The van der Waals surface area contributed by atoms with Crippen molar-refractivity contribution in [3.63, 3.8) is 0 Å². The number of ether oxygens (including phenoxy) is 2. The van der Waals surface area contributed by atoms with Crippen LogP contribution in [0.5, 0.6) is 5.75 Å². The summed E-state index contributed by atoms with van der Waals surface area (Å²) in [6, 6.07) is 6.67. The van der Waals surface area contributed by atoms with Crippen molar-refractivity contribution in [3.05, 3.63) is 29.3 Å². The summed E-state index contributed by atoms with van der Waals surface area (Å²) in [5.41, 5.74) is 0. The number of carbonyl (C=O) groups is 2. The van der Waals surface area contributed by atoms with Gasteiger partial charge in [0, 0.05) is 38.3 Å². The Morgan fingerprint density at radius 2 is 2.00 bits per heavy atom. The van der Waals surface area contributed by atoms with Gasteiger partial charge < -0.3 is 24.8 Å². The number of halogens is 1. The molecule has 2 heterocycles. The van der Waals surface area contributed by atoms with Crippen LogP contribution < -0.4 is 10.1 Å². The fraction of sp³-hybridized carbons (Fsp3) is 0.579. The van der Waals surface area contributed by atoms with E-state index in [4.69, 9.17) is 21.1 Å². The Kier molecular flexibility index (Phi) is 6.93. The van der Waals surface area contributed by atoms with Crippen molar-refractivity contribution in [2.45, 2.75) is 31.4 Å². The quantitative estimate of drug-likeness (QED) is 0.781. The number of nitrogens with one attached hydrogen (secondary N) is 1. The molecule has 1 aromatic carbocycles. The fourth-order valence-electron chi connectivity index (χ4n) is 3.45. The SMILES string of the molecule is O=C(N[C@H]1C[C@@H](O)CN(C(=O)COc2ccccc2Cl)C1)C1CCOCC1. The highest BCUT2D eigenvalue weighted by Crippen LogP contribution is 2.23. The Labute approximate surface area is 163 Å². The zero-order valence-electron chi connectivity index (χ0n) is 15.1. The summed E-state index contributed by atoms with van der Waals surface area (Å²) in [6.45, 7) is 1.60. The number of β-amino-alcohol motifs (C(OH)–C–C–N with tert-alkyl or cyclic N) is 1. The summed E-state index contributed by atoms with van der Waals surface area (Å²) in [6.07, 6.45) is 1.16. The average Bonchev–Trinajstić information content (AvgIpc) is 2.67. The molecule has 0 bridgehead atoms. The third-order valence-electron chi connectivity index (χ3n) is 4.91. The molecule has 2 aliphatic rings. The number of amides is 2. The third-order valence-corrected chi connectivity index (χ3v) is 5.22. The lowest BCUT2D eigenvalue weighted by Gasteiger charge is -2.36. The second kappa shape index (κ2) is 9.39. The molecule has 2 aliphatic heterocycles. The van der Waals surface area contributed by atoms with Gasteiger partial charge in [-0.25, -0.2) is 0 Å². The predicted octanol–water partition coefficient (Wildman–Crippen LogP) is 1.22. The lowest BCUT2D eigenvalue weighted by Crippen LogP contribution is -2.56. The first-order chi connectivity index (χ1) is 13.0. The first-order valence-corrected chi connectivity index (χ1v) is 9.62. The van der Waals surface area contributed by atoms with Crippen LogP contribution in [-0.2, 0) is 14.3 Å². The number of aliphatic hydroxyl groups is 1. The van der Waals surface area contributed by atoms with Crippen molar-refractivity contribution in [2.24, 2.45) is 5.92 Å². The Morgan fingerprint density at radius 3 is 2.74 bits per heavy atom. The molecule has 0 radical (unpaired) electrons. The van der Waals surface area contributed by atoms with E-state index in [0.29, 0.717) is 49.8 Å². The molecule has 0 unspecified atom stereocenters. The highest BCUT2D eigenvalue weighted by atomic mass is 35.5. The van der Waals surface area contributed by atoms with Gasteiger partial charge >= 0.3 is 0 Å². The van der Waals surface area contributed by atoms with Crippen molar-refractivity contribution in [2.75, 3.05) is 32.9 Å². The minimum atomic E-state index is -0.678. The number of rotatable bonds is 5. The number of nitrogens with zero attached hydrogens (tertiary/aromatic N) is 1. The lowest BCUT2D eigenvalue weighted by molar-refractivity contribution is -0.139. The maximum absolute atomic E-state index is 12.5. The summed E-state index contributed by atoms with van der Waals surface area (Å²) < 4.78 is 10.8. The van der Waals surface area contributed by atoms with Gasteiger partial charge in [-0.3, -0.25) is 9.59 Å². The summed E-state index contributed by atoms with van der Waals surface area (Å²) in [5.74, 6) is 0.0936. The van der Waals surface area contributed by atoms with Crippen LogP contribution in [0.3, 0.4) is 0 Å². The van der Waals surface area contributed by atoms with Crippen LogP contribution in [0.25, 0.3) is 0 Å². The standard InChI is InChI=1S/C19H25ClN2O5/c20-16-3-1-2-4-17(16)27-12-18(24)22-10-14(9-15(23)11-22)21-19(25)13-5-7-26-8-6-13/h1-4,13-15,23H,5-12H2,(H,21,25)/t14-,15+/m0/s1. The topological polar surface area (TPSA) is 88.1 Å². The van der Waals surface area contributed by atoms with Gasteiger partial charge in [-0.05, 0) is 31.4 Å². The first-order valence-electron chi connectivity index (χ1n) is 9.24. The molecule has 2 fully saturated rings. The fourth-order valence-corrected chi connectivity index (χ4v) is 3.64. The second-order valence-electron chi connectivity index (χ2n) is 7.00. The van der Waals surface area contributed by atoms with Crippen LogP contribution in [0.15, 0.2) is 24.3 Å². The Hall–Kier alpha value is -1.83. The van der Waals surface area contributed by atoms with Crippen LogP contribution >= 0.6 is 11.6 Å². The molecular weight excluding hydrogens is 372 g/mol. The number of para-hydroxylation sites is 1. The van der Waals surface area contributed by atoms with Gasteiger partial charge in [0.05, 0.1) is 11.1 Å². The zero-order valence-corrected chi connectivity index (χ0v) is 15.9. The molecule has 2 saturated heterocycles. The van der Waals surface area contributed by atoms with Gasteiger partial charge in [0.15, 0.2) is 6.61 Å². The molecule has 2 amide bonds. The number of likely N-dealkylation sites (tertiary alicyclic amines) is 1. The number of benzene rings is 1. The van der Waals surface area contributed by atoms with E-state index < -0.39 is 6.10 Å². The van der Waals surface area contributed by atoms with Crippen molar-refractivity contribution >= 4 is 23.4 Å². The van der Waals surface area contributed by atoms with E-state index in [2.05, 4.69) is 5.32 Å². The molecular formula is C19H25ClN2O5.